The zero-order chi connectivity index (χ0) is 13.9. The van der Waals surface area contributed by atoms with Gasteiger partial charge in [0.2, 0.25) is 0 Å². The minimum absolute atomic E-state index is 0.285. The summed E-state index contributed by atoms with van der Waals surface area (Å²) in [7, 11) is 3.27. The van der Waals surface area contributed by atoms with Crippen LogP contribution in [0.2, 0.25) is 0 Å². The molecule has 0 aromatic heterocycles. The molecule has 0 aliphatic carbocycles. The van der Waals surface area contributed by atoms with E-state index in [1.807, 2.05) is 18.2 Å². The third-order valence-corrected chi connectivity index (χ3v) is 4.32. The maximum absolute atomic E-state index is 5.29. The highest BCUT2D eigenvalue weighted by molar-refractivity contribution is 8.14. The second-order valence-corrected chi connectivity index (χ2v) is 6.23. The summed E-state index contributed by atoms with van der Waals surface area (Å²) in [5, 5.41) is 4.29. The molecule has 0 fully saturated rings. The third kappa shape index (κ3) is 3.56. The number of ether oxygens (including phenoxy) is 2. The first kappa shape index (κ1) is 14.1. The topological polar surface area (TPSA) is 42.8 Å². The summed E-state index contributed by atoms with van der Waals surface area (Å²) in [4.78, 5) is 4.57. The standard InChI is InChI=1S/C14H20N2O2S/c1-14(2)8-15-13(19-9-14)16-10-5-6-11(17-3)12(7-10)18-4/h5-7H,8-9H2,1-4H3,(H,15,16). The van der Waals surface area contributed by atoms with E-state index in [9.17, 15) is 0 Å². The van der Waals surface area contributed by atoms with E-state index in [1.54, 1.807) is 26.0 Å². The second kappa shape index (κ2) is 5.74. The van der Waals surface area contributed by atoms with E-state index in [-0.39, 0.29) is 5.41 Å². The van der Waals surface area contributed by atoms with Gasteiger partial charge in [0.1, 0.15) is 0 Å². The van der Waals surface area contributed by atoms with Crippen molar-refractivity contribution in [3.63, 3.8) is 0 Å². The Labute approximate surface area is 118 Å². The Morgan fingerprint density at radius 3 is 2.53 bits per heavy atom. The van der Waals surface area contributed by atoms with Gasteiger partial charge in [-0.05, 0) is 17.5 Å². The average molecular weight is 280 g/mol. The highest BCUT2D eigenvalue weighted by atomic mass is 32.2. The van der Waals surface area contributed by atoms with Crippen molar-refractivity contribution in [2.24, 2.45) is 10.4 Å². The fourth-order valence-electron chi connectivity index (χ4n) is 1.75. The lowest BCUT2D eigenvalue weighted by atomic mass is 9.97. The molecule has 0 radical (unpaired) electrons. The third-order valence-electron chi connectivity index (χ3n) is 2.89. The Morgan fingerprint density at radius 2 is 1.95 bits per heavy atom. The first-order valence-corrected chi connectivity index (χ1v) is 7.19. The zero-order valence-electron chi connectivity index (χ0n) is 11.8. The van der Waals surface area contributed by atoms with E-state index in [1.165, 1.54) is 0 Å². The Hall–Kier alpha value is -1.36. The van der Waals surface area contributed by atoms with Crippen molar-refractivity contribution < 1.29 is 9.47 Å². The Morgan fingerprint density at radius 1 is 1.21 bits per heavy atom. The fraction of sp³-hybridized carbons (Fsp3) is 0.500. The van der Waals surface area contributed by atoms with Crippen LogP contribution in [0.15, 0.2) is 23.2 Å². The summed E-state index contributed by atoms with van der Waals surface area (Å²) in [6, 6.07) is 5.77. The van der Waals surface area contributed by atoms with Crippen LogP contribution in [-0.4, -0.2) is 31.7 Å². The molecule has 104 valence electrons. The monoisotopic (exact) mass is 280 g/mol. The molecule has 2 rings (SSSR count). The molecule has 1 aromatic carbocycles. The second-order valence-electron chi connectivity index (χ2n) is 5.27. The molecule has 1 N–H and O–H groups in total. The van der Waals surface area contributed by atoms with Gasteiger partial charge in [0.05, 0.1) is 14.2 Å². The largest absolute Gasteiger partial charge is 0.493 e. The quantitative estimate of drug-likeness (QED) is 0.923. The van der Waals surface area contributed by atoms with Crippen LogP contribution in [0.4, 0.5) is 5.69 Å². The van der Waals surface area contributed by atoms with Gasteiger partial charge in [-0.25, -0.2) is 0 Å². The van der Waals surface area contributed by atoms with Gasteiger partial charge in [0, 0.05) is 24.1 Å². The maximum Gasteiger partial charge on any atom is 0.162 e. The normalized spacial score (nSPS) is 17.6. The number of rotatable bonds is 3. The van der Waals surface area contributed by atoms with Crippen molar-refractivity contribution in [3.05, 3.63) is 18.2 Å². The van der Waals surface area contributed by atoms with Crippen LogP contribution in [-0.2, 0) is 0 Å². The lowest BCUT2D eigenvalue weighted by molar-refractivity contribution is 0.355. The van der Waals surface area contributed by atoms with Crippen molar-refractivity contribution in [2.45, 2.75) is 13.8 Å². The first-order chi connectivity index (χ1) is 9.04. The predicted molar refractivity (Wildman–Crippen MR) is 81.7 cm³/mol. The molecule has 4 nitrogen and oxygen atoms in total. The SMILES string of the molecule is COc1ccc(NC2=NCC(C)(C)CS2)cc1OC. The van der Waals surface area contributed by atoms with E-state index in [4.69, 9.17) is 9.47 Å². The number of hydrogen-bond acceptors (Lipinski definition) is 5. The van der Waals surface area contributed by atoms with Crippen LogP contribution in [0.3, 0.4) is 0 Å². The van der Waals surface area contributed by atoms with Crippen LogP contribution in [0.1, 0.15) is 13.8 Å². The summed E-state index contributed by atoms with van der Waals surface area (Å²) < 4.78 is 10.5. The van der Waals surface area contributed by atoms with Gasteiger partial charge in [0.25, 0.3) is 0 Å². The molecule has 0 saturated carbocycles. The number of anilines is 1. The van der Waals surface area contributed by atoms with Gasteiger partial charge in [-0.2, -0.15) is 0 Å². The summed E-state index contributed by atoms with van der Waals surface area (Å²) in [6.45, 7) is 5.32. The molecule has 1 aliphatic heterocycles. The number of nitrogens with one attached hydrogen (secondary N) is 1. The van der Waals surface area contributed by atoms with Crippen molar-refractivity contribution >= 4 is 22.6 Å². The van der Waals surface area contributed by atoms with Gasteiger partial charge in [-0.15, -0.1) is 0 Å². The Bertz CT molecular complexity index is 486. The molecule has 19 heavy (non-hydrogen) atoms. The van der Waals surface area contributed by atoms with E-state index in [2.05, 4.69) is 24.2 Å². The molecule has 0 saturated heterocycles. The molecule has 1 heterocycles. The van der Waals surface area contributed by atoms with Crippen LogP contribution in [0.5, 0.6) is 11.5 Å². The summed E-state index contributed by atoms with van der Waals surface area (Å²) >= 11 is 1.76. The van der Waals surface area contributed by atoms with Crippen molar-refractivity contribution in [2.75, 3.05) is 31.8 Å². The summed E-state index contributed by atoms with van der Waals surface area (Å²) in [6.07, 6.45) is 0. The van der Waals surface area contributed by atoms with Crippen molar-refractivity contribution in [1.82, 2.24) is 0 Å². The molecule has 0 bridgehead atoms. The smallest absolute Gasteiger partial charge is 0.162 e. The first-order valence-electron chi connectivity index (χ1n) is 6.20. The molecule has 1 aromatic rings. The van der Waals surface area contributed by atoms with E-state index in [0.29, 0.717) is 5.75 Å². The number of thioether (sulfide) groups is 1. The van der Waals surface area contributed by atoms with Crippen LogP contribution in [0, 0.1) is 5.41 Å². The van der Waals surface area contributed by atoms with Crippen LogP contribution >= 0.6 is 11.8 Å². The van der Waals surface area contributed by atoms with Gasteiger partial charge >= 0.3 is 0 Å². The van der Waals surface area contributed by atoms with Crippen LogP contribution in [0.25, 0.3) is 0 Å². The molecule has 1 aliphatic rings. The highest BCUT2D eigenvalue weighted by Crippen LogP contribution is 2.32. The lowest BCUT2D eigenvalue weighted by Crippen LogP contribution is -2.27. The van der Waals surface area contributed by atoms with Crippen LogP contribution < -0.4 is 14.8 Å². The highest BCUT2D eigenvalue weighted by Gasteiger charge is 2.23. The maximum atomic E-state index is 5.29. The van der Waals surface area contributed by atoms with E-state index < -0.39 is 0 Å². The van der Waals surface area contributed by atoms with E-state index >= 15 is 0 Å². The van der Waals surface area contributed by atoms with Crippen molar-refractivity contribution in [1.29, 1.82) is 0 Å². The molecular formula is C14H20N2O2S. The van der Waals surface area contributed by atoms with Gasteiger partial charge in [0.15, 0.2) is 16.7 Å². The zero-order valence-corrected chi connectivity index (χ0v) is 12.6. The number of hydrogen-bond donors (Lipinski definition) is 1. The Kier molecular flexibility index (Phi) is 4.24. The Balaban J connectivity index is 2.10. The molecule has 0 amide bonds. The van der Waals surface area contributed by atoms with Crippen molar-refractivity contribution in [3.8, 4) is 11.5 Å². The van der Waals surface area contributed by atoms with Gasteiger partial charge in [-0.1, -0.05) is 25.6 Å². The molecular weight excluding hydrogens is 260 g/mol. The summed E-state index contributed by atoms with van der Waals surface area (Å²) in [5.41, 5.74) is 1.25. The molecule has 5 heteroatoms. The van der Waals surface area contributed by atoms with Gasteiger partial charge < -0.3 is 14.8 Å². The minimum atomic E-state index is 0.285. The summed E-state index contributed by atoms with van der Waals surface area (Å²) in [5.74, 6) is 2.52. The number of benzene rings is 1. The lowest BCUT2D eigenvalue weighted by Gasteiger charge is -2.27. The number of methoxy groups -OCH3 is 2. The molecule has 0 atom stereocenters. The average Bonchev–Trinajstić information content (AvgIpc) is 2.41. The van der Waals surface area contributed by atoms with Gasteiger partial charge in [-0.3, -0.25) is 4.99 Å². The predicted octanol–water partition coefficient (Wildman–Crippen LogP) is 3.24. The number of nitrogens with zero attached hydrogens (tertiary/aromatic N) is 1. The minimum Gasteiger partial charge on any atom is -0.493 e. The molecule has 0 unspecified atom stereocenters. The molecule has 0 spiro atoms. The number of aliphatic imine (C=N–C) groups is 1. The van der Waals surface area contributed by atoms with E-state index in [0.717, 1.165) is 28.9 Å². The number of amidine groups is 1. The fourth-order valence-corrected chi connectivity index (χ4v) is 2.72.